The Labute approximate surface area is 119 Å². The zero-order valence-electron chi connectivity index (χ0n) is 11.2. The summed E-state index contributed by atoms with van der Waals surface area (Å²) in [7, 11) is 4.41. The molecular weight excluding hydrogens is 282 g/mol. The molecule has 0 radical (unpaired) electrons. The van der Waals surface area contributed by atoms with Gasteiger partial charge in [0, 0.05) is 13.2 Å². The van der Waals surface area contributed by atoms with Gasteiger partial charge in [0.25, 0.3) is 5.91 Å². The molecule has 0 aliphatic rings. The van der Waals surface area contributed by atoms with Crippen LogP contribution in [0.4, 0.5) is 5.00 Å². The second-order valence-electron chi connectivity index (χ2n) is 3.83. The fraction of sp³-hybridized carbons (Fsp3) is 0.250. The van der Waals surface area contributed by atoms with Gasteiger partial charge < -0.3 is 14.8 Å². The molecule has 20 heavy (non-hydrogen) atoms. The summed E-state index contributed by atoms with van der Waals surface area (Å²) in [6.45, 7) is 0. The first-order valence-electron chi connectivity index (χ1n) is 5.61. The van der Waals surface area contributed by atoms with E-state index in [1.165, 1.54) is 30.2 Å². The molecule has 1 N–H and O–H groups in total. The molecule has 0 spiro atoms. The van der Waals surface area contributed by atoms with Crippen molar-refractivity contribution in [1.29, 1.82) is 0 Å². The van der Waals surface area contributed by atoms with Crippen molar-refractivity contribution in [1.82, 2.24) is 9.78 Å². The van der Waals surface area contributed by atoms with Crippen LogP contribution in [0.1, 0.15) is 20.7 Å². The van der Waals surface area contributed by atoms with Crippen molar-refractivity contribution < 1.29 is 19.1 Å². The summed E-state index contributed by atoms with van der Waals surface area (Å²) in [5, 5.41) is 8.77. The van der Waals surface area contributed by atoms with E-state index in [9.17, 15) is 9.59 Å². The van der Waals surface area contributed by atoms with Crippen molar-refractivity contribution >= 4 is 28.2 Å². The van der Waals surface area contributed by atoms with Gasteiger partial charge in [-0.25, -0.2) is 4.79 Å². The first kappa shape index (κ1) is 14.1. The molecule has 0 aliphatic heterocycles. The third-order valence-electron chi connectivity index (χ3n) is 2.53. The summed E-state index contributed by atoms with van der Waals surface area (Å²) < 4.78 is 11.1. The molecule has 0 aromatic carbocycles. The number of carbonyl (C=O) groups excluding carboxylic acids is 2. The fourth-order valence-corrected chi connectivity index (χ4v) is 2.39. The monoisotopic (exact) mass is 295 g/mol. The Morgan fingerprint density at radius 3 is 2.75 bits per heavy atom. The number of methoxy groups -OCH3 is 2. The second-order valence-corrected chi connectivity index (χ2v) is 4.75. The van der Waals surface area contributed by atoms with Gasteiger partial charge in [-0.3, -0.25) is 9.48 Å². The molecule has 106 valence electrons. The lowest BCUT2D eigenvalue weighted by Gasteiger charge is -2.04. The summed E-state index contributed by atoms with van der Waals surface area (Å²) in [5.74, 6) is -0.677. The van der Waals surface area contributed by atoms with E-state index in [0.29, 0.717) is 16.1 Å². The van der Waals surface area contributed by atoms with Crippen LogP contribution in [0.2, 0.25) is 0 Å². The van der Waals surface area contributed by atoms with Crippen molar-refractivity contribution in [3.05, 3.63) is 28.8 Å². The highest BCUT2D eigenvalue weighted by Gasteiger charge is 2.20. The number of amides is 1. The Kier molecular flexibility index (Phi) is 4.04. The van der Waals surface area contributed by atoms with Gasteiger partial charge in [0.05, 0.1) is 19.8 Å². The number of anilines is 1. The van der Waals surface area contributed by atoms with Gasteiger partial charge in [-0.1, -0.05) is 0 Å². The van der Waals surface area contributed by atoms with E-state index in [4.69, 9.17) is 4.74 Å². The fourth-order valence-electron chi connectivity index (χ4n) is 1.62. The molecule has 2 rings (SSSR count). The van der Waals surface area contributed by atoms with Gasteiger partial charge in [-0.2, -0.15) is 0 Å². The van der Waals surface area contributed by atoms with E-state index < -0.39 is 11.9 Å². The average molecular weight is 295 g/mol. The van der Waals surface area contributed by atoms with Crippen LogP contribution in [0, 0.1) is 0 Å². The van der Waals surface area contributed by atoms with E-state index in [2.05, 4.69) is 15.2 Å². The molecule has 0 saturated heterocycles. The summed E-state index contributed by atoms with van der Waals surface area (Å²) in [5.41, 5.74) is 0.605. The van der Waals surface area contributed by atoms with Gasteiger partial charge in [0.1, 0.15) is 10.6 Å². The average Bonchev–Trinajstić information content (AvgIpc) is 3.04. The highest BCUT2D eigenvalue weighted by Crippen LogP contribution is 2.25. The normalized spacial score (nSPS) is 10.2. The van der Waals surface area contributed by atoms with Crippen LogP contribution < -0.4 is 10.1 Å². The molecule has 8 heteroatoms. The largest absolute Gasteiger partial charge is 0.479 e. The quantitative estimate of drug-likeness (QED) is 0.865. The maximum absolute atomic E-state index is 12.2. The summed E-state index contributed by atoms with van der Waals surface area (Å²) in [6.07, 6.45) is 1.54. The Morgan fingerprint density at radius 1 is 1.35 bits per heavy atom. The van der Waals surface area contributed by atoms with E-state index >= 15 is 0 Å². The highest BCUT2D eigenvalue weighted by molar-refractivity contribution is 7.14. The minimum absolute atomic E-state index is 0.223. The lowest BCUT2D eigenvalue weighted by Crippen LogP contribution is -2.14. The molecule has 0 atom stereocenters. The van der Waals surface area contributed by atoms with E-state index in [0.717, 1.165) is 0 Å². The number of aryl methyl sites for hydroxylation is 1. The minimum atomic E-state index is -0.500. The number of rotatable bonds is 4. The third-order valence-corrected chi connectivity index (χ3v) is 3.36. The third kappa shape index (κ3) is 2.64. The zero-order valence-corrected chi connectivity index (χ0v) is 12.0. The molecule has 1 amide bonds. The predicted octanol–water partition coefficient (Wildman–Crippen LogP) is 1.53. The van der Waals surface area contributed by atoms with Gasteiger partial charge >= 0.3 is 5.97 Å². The Hall–Kier alpha value is -2.35. The van der Waals surface area contributed by atoms with Crippen LogP contribution in [0.3, 0.4) is 0 Å². The SMILES string of the molecule is COC(=O)c1ccsc1NC(=O)c1cn(C)nc1OC. The maximum atomic E-state index is 12.2. The molecule has 2 aromatic rings. The lowest BCUT2D eigenvalue weighted by atomic mass is 10.3. The molecule has 0 fully saturated rings. The van der Waals surface area contributed by atoms with Crippen LogP contribution in [0.5, 0.6) is 5.88 Å². The number of esters is 1. The van der Waals surface area contributed by atoms with E-state index in [-0.39, 0.29) is 5.88 Å². The highest BCUT2D eigenvalue weighted by atomic mass is 32.1. The number of hydrogen-bond donors (Lipinski definition) is 1. The molecular formula is C12H13N3O4S. The first-order chi connectivity index (χ1) is 9.56. The molecule has 2 aromatic heterocycles. The van der Waals surface area contributed by atoms with Crippen molar-refractivity contribution in [2.75, 3.05) is 19.5 Å². The molecule has 0 aliphatic carbocycles. The Bertz CT molecular complexity index is 647. The number of nitrogens with zero attached hydrogens (tertiary/aromatic N) is 2. The number of thiophene rings is 1. The minimum Gasteiger partial charge on any atom is -0.479 e. The summed E-state index contributed by atoms with van der Waals surface area (Å²) >= 11 is 1.24. The molecule has 0 bridgehead atoms. The smallest absolute Gasteiger partial charge is 0.340 e. The topological polar surface area (TPSA) is 82.5 Å². The second kappa shape index (κ2) is 5.74. The van der Waals surface area contributed by atoms with Crippen molar-refractivity contribution in [3.8, 4) is 5.88 Å². The van der Waals surface area contributed by atoms with Crippen LogP contribution >= 0.6 is 11.3 Å². The van der Waals surface area contributed by atoms with Crippen molar-refractivity contribution in [2.24, 2.45) is 7.05 Å². The molecule has 7 nitrogen and oxygen atoms in total. The lowest BCUT2D eigenvalue weighted by molar-refractivity contribution is 0.0602. The number of ether oxygens (including phenoxy) is 2. The zero-order chi connectivity index (χ0) is 14.7. The van der Waals surface area contributed by atoms with E-state index in [1.807, 2.05) is 0 Å². The van der Waals surface area contributed by atoms with Gasteiger partial charge in [0.15, 0.2) is 0 Å². The molecule has 0 unspecified atom stereocenters. The Balaban J connectivity index is 2.24. The van der Waals surface area contributed by atoms with E-state index in [1.54, 1.807) is 24.7 Å². The van der Waals surface area contributed by atoms with Gasteiger partial charge in [-0.05, 0) is 11.4 Å². The summed E-state index contributed by atoms with van der Waals surface area (Å²) in [6, 6.07) is 1.59. The number of hydrogen-bond acceptors (Lipinski definition) is 6. The number of nitrogens with one attached hydrogen (secondary N) is 1. The van der Waals surface area contributed by atoms with Gasteiger partial charge in [0.2, 0.25) is 5.88 Å². The Morgan fingerprint density at radius 2 is 2.10 bits per heavy atom. The molecule has 2 heterocycles. The van der Waals surface area contributed by atoms with Crippen LogP contribution in [-0.4, -0.2) is 35.9 Å². The number of aromatic nitrogens is 2. The van der Waals surface area contributed by atoms with Crippen LogP contribution in [0.15, 0.2) is 17.6 Å². The summed E-state index contributed by atoms with van der Waals surface area (Å²) in [4.78, 5) is 23.7. The molecule has 0 saturated carbocycles. The predicted molar refractivity (Wildman–Crippen MR) is 73.4 cm³/mol. The van der Waals surface area contributed by atoms with Crippen LogP contribution in [-0.2, 0) is 11.8 Å². The maximum Gasteiger partial charge on any atom is 0.340 e. The van der Waals surface area contributed by atoms with Crippen molar-refractivity contribution in [2.45, 2.75) is 0 Å². The first-order valence-corrected chi connectivity index (χ1v) is 6.49. The van der Waals surface area contributed by atoms with Crippen LogP contribution in [0.25, 0.3) is 0 Å². The number of carbonyl (C=O) groups is 2. The standard InChI is InChI=1S/C12H13N3O4S/c1-15-6-8(10(14-15)18-2)9(16)13-11-7(4-5-20-11)12(17)19-3/h4-6H,1-3H3,(H,13,16). The van der Waals surface area contributed by atoms with Gasteiger partial charge in [-0.15, -0.1) is 16.4 Å². The van der Waals surface area contributed by atoms with Crippen molar-refractivity contribution in [3.63, 3.8) is 0 Å².